The number of carbonyl (C=O) groups excluding carboxylic acids is 2. The summed E-state index contributed by atoms with van der Waals surface area (Å²) in [5.74, 6) is -1.60. The maximum Gasteiger partial charge on any atom is 0.417 e. The molecule has 140 valence electrons. The van der Waals surface area contributed by atoms with Crippen LogP contribution in [0.3, 0.4) is 0 Å². The number of ether oxygens (including phenoxy) is 1. The summed E-state index contributed by atoms with van der Waals surface area (Å²) < 4.78 is 46.2. The first-order valence-electron chi connectivity index (χ1n) is 7.44. The number of carbonyl (C=O) groups is 2. The second-order valence-electron chi connectivity index (χ2n) is 5.54. The molecule has 0 bridgehead atoms. The summed E-state index contributed by atoms with van der Waals surface area (Å²) in [5, 5.41) is 0.216. The summed E-state index contributed by atoms with van der Waals surface area (Å²) in [5.41, 5.74) is -1.41. The molecule has 0 aliphatic heterocycles. The van der Waals surface area contributed by atoms with Crippen molar-refractivity contribution >= 4 is 50.3 Å². The van der Waals surface area contributed by atoms with Gasteiger partial charge in [-0.1, -0.05) is 23.7 Å². The van der Waals surface area contributed by atoms with Crippen molar-refractivity contribution in [3.63, 3.8) is 0 Å². The Hall–Kier alpha value is -2.32. The minimum atomic E-state index is -4.76. The van der Waals surface area contributed by atoms with Crippen molar-refractivity contribution in [3.8, 4) is 0 Å². The Morgan fingerprint density at radius 3 is 2.52 bits per heavy atom. The van der Waals surface area contributed by atoms with Gasteiger partial charge in [-0.15, -0.1) is 0 Å². The van der Waals surface area contributed by atoms with Gasteiger partial charge in [-0.3, -0.25) is 9.36 Å². The number of esters is 1. The van der Waals surface area contributed by atoms with E-state index >= 15 is 0 Å². The average Bonchev–Trinajstić information content (AvgIpc) is 2.95. The van der Waals surface area contributed by atoms with Gasteiger partial charge in [0, 0.05) is 16.1 Å². The SMILES string of the molecule is COC(=O)c1ccc2c(Br)cn(C(=O)c3c(Cl)cccc3C(F)(F)F)c2c1. The van der Waals surface area contributed by atoms with Crippen LogP contribution in [0.2, 0.25) is 5.02 Å². The van der Waals surface area contributed by atoms with Gasteiger partial charge in [0.15, 0.2) is 0 Å². The highest BCUT2D eigenvalue weighted by molar-refractivity contribution is 9.10. The van der Waals surface area contributed by atoms with E-state index in [1.54, 1.807) is 6.07 Å². The predicted octanol–water partition coefficient (Wildman–Crippen LogP) is 5.55. The predicted molar refractivity (Wildman–Crippen MR) is 97.2 cm³/mol. The second-order valence-corrected chi connectivity index (χ2v) is 6.80. The summed E-state index contributed by atoms with van der Waals surface area (Å²) in [7, 11) is 1.20. The number of alkyl halides is 3. The van der Waals surface area contributed by atoms with Crippen molar-refractivity contribution in [1.82, 2.24) is 4.57 Å². The molecule has 0 radical (unpaired) electrons. The average molecular weight is 461 g/mol. The number of halogens is 5. The summed E-state index contributed by atoms with van der Waals surface area (Å²) >= 11 is 9.19. The van der Waals surface area contributed by atoms with Crippen molar-refractivity contribution in [3.05, 3.63) is 68.8 Å². The highest BCUT2D eigenvalue weighted by atomic mass is 79.9. The molecule has 0 amide bonds. The van der Waals surface area contributed by atoms with E-state index in [0.29, 0.717) is 9.86 Å². The summed E-state index contributed by atoms with van der Waals surface area (Å²) in [6.45, 7) is 0. The number of fused-ring (bicyclic) bond motifs is 1. The third-order valence-corrected chi connectivity index (χ3v) is 4.88. The standard InChI is InChI=1S/C18H10BrClF3NO3/c1-27-17(26)9-5-6-10-12(19)8-24(14(10)7-9)16(25)15-11(18(21,22)23)3-2-4-13(15)20/h2-8H,1H3. The molecule has 0 aliphatic carbocycles. The van der Waals surface area contributed by atoms with Crippen LogP contribution in [0.25, 0.3) is 10.9 Å². The van der Waals surface area contributed by atoms with Gasteiger partial charge in [-0.25, -0.2) is 4.79 Å². The fourth-order valence-corrected chi connectivity index (χ4v) is 3.49. The van der Waals surface area contributed by atoms with E-state index in [4.69, 9.17) is 11.6 Å². The normalized spacial score (nSPS) is 11.6. The Labute approximate surface area is 164 Å². The quantitative estimate of drug-likeness (QED) is 0.471. The Morgan fingerprint density at radius 2 is 1.89 bits per heavy atom. The lowest BCUT2D eigenvalue weighted by atomic mass is 10.1. The molecule has 1 aromatic heterocycles. The monoisotopic (exact) mass is 459 g/mol. The van der Waals surface area contributed by atoms with Crippen molar-refractivity contribution in [2.24, 2.45) is 0 Å². The highest BCUT2D eigenvalue weighted by Gasteiger charge is 2.37. The zero-order valence-electron chi connectivity index (χ0n) is 13.6. The van der Waals surface area contributed by atoms with Crippen LogP contribution in [0.15, 0.2) is 47.1 Å². The Balaban J connectivity index is 2.25. The molecule has 0 atom stereocenters. The first kappa shape index (κ1) is 19.4. The number of rotatable bonds is 2. The van der Waals surface area contributed by atoms with Crippen LogP contribution >= 0.6 is 27.5 Å². The number of aromatic nitrogens is 1. The van der Waals surface area contributed by atoms with Crippen LogP contribution in [0.5, 0.6) is 0 Å². The van der Waals surface area contributed by atoms with E-state index in [2.05, 4.69) is 20.7 Å². The molecule has 0 N–H and O–H groups in total. The fraction of sp³-hybridized carbons (Fsp3) is 0.111. The van der Waals surface area contributed by atoms with Gasteiger partial charge < -0.3 is 4.74 Å². The lowest BCUT2D eigenvalue weighted by Gasteiger charge is -2.14. The lowest BCUT2D eigenvalue weighted by molar-refractivity contribution is -0.137. The molecule has 9 heteroatoms. The molecular formula is C18H10BrClF3NO3. The van der Waals surface area contributed by atoms with Gasteiger partial charge in [-0.2, -0.15) is 13.2 Å². The zero-order chi connectivity index (χ0) is 19.9. The molecule has 0 saturated carbocycles. The van der Waals surface area contributed by atoms with Gasteiger partial charge in [0.1, 0.15) is 0 Å². The van der Waals surface area contributed by atoms with Gasteiger partial charge in [0.2, 0.25) is 0 Å². The largest absolute Gasteiger partial charge is 0.465 e. The Kier molecular flexibility index (Phi) is 5.05. The third kappa shape index (κ3) is 3.46. The van der Waals surface area contributed by atoms with Crippen molar-refractivity contribution < 1.29 is 27.5 Å². The number of methoxy groups -OCH3 is 1. The molecule has 0 aliphatic rings. The van der Waals surface area contributed by atoms with E-state index in [1.165, 1.54) is 31.5 Å². The highest BCUT2D eigenvalue weighted by Crippen LogP contribution is 2.36. The summed E-state index contributed by atoms with van der Waals surface area (Å²) in [4.78, 5) is 24.7. The lowest BCUT2D eigenvalue weighted by Crippen LogP contribution is -2.18. The molecule has 3 aromatic rings. The summed E-state index contributed by atoms with van der Waals surface area (Å²) in [6.07, 6.45) is -3.43. The number of benzene rings is 2. The zero-order valence-corrected chi connectivity index (χ0v) is 15.9. The van der Waals surface area contributed by atoms with E-state index < -0.39 is 29.2 Å². The molecule has 0 saturated heterocycles. The van der Waals surface area contributed by atoms with Crippen molar-refractivity contribution in [1.29, 1.82) is 0 Å². The van der Waals surface area contributed by atoms with E-state index in [0.717, 1.165) is 16.7 Å². The molecule has 27 heavy (non-hydrogen) atoms. The fourth-order valence-electron chi connectivity index (χ4n) is 2.70. The first-order chi connectivity index (χ1) is 12.6. The third-order valence-electron chi connectivity index (χ3n) is 3.93. The molecule has 2 aromatic carbocycles. The van der Waals surface area contributed by atoms with Crippen LogP contribution in [0.1, 0.15) is 26.3 Å². The van der Waals surface area contributed by atoms with Crippen LogP contribution in [-0.2, 0) is 10.9 Å². The maximum absolute atomic E-state index is 13.3. The molecule has 0 spiro atoms. The van der Waals surface area contributed by atoms with Gasteiger partial charge in [-0.05, 0) is 40.2 Å². The number of nitrogens with zero attached hydrogens (tertiary/aromatic N) is 1. The molecule has 0 fully saturated rings. The number of hydrogen-bond donors (Lipinski definition) is 0. The van der Waals surface area contributed by atoms with E-state index in [9.17, 15) is 22.8 Å². The first-order valence-corrected chi connectivity index (χ1v) is 8.61. The molecule has 3 rings (SSSR count). The van der Waals surface area contributed by atoms with Crippen molar-refractivity contribution in [2.45, 2.75) is 6.18 Å². The van der Waals surface area contributed by atoms with Crippen molar-refractivity contribution in [2.75, 3.05) is 7.11 Å². The van der Waals surface area contributed by atoms with Gasteiger partial charge in [0.25, 0.3) is 5.91 Å². The van der Waals surface area contributed by atoms with Crippen LogP contribution < -0.4 is 0 Å². The minimum absolute atomic E-state index is 0.153. The van der Waals surface area contributed by atoms with Crippen LogP contribution in [0, 0.1) is 0 Å². The van der Waals surface area contributed by atoms with Crippen LogP contribution in [0.4, 0.5) is 13.2 Å². The molecule has 1 heterocycles. The molecular weight excluding hydrogens is 451 g/mol. The van der Waals surface area contributed by atoms with E-state index in [1.807, 2.05) is 0 Å². The van der Waals surface area contributed by atoms with Gasteiger partial charge >= 0.3 is 12.1 Å². The van der Waals surface area contributed by atoms with Gasteiger partial charge in [0.05, 0.1) is 34.3 Å². The Bertz CT molecular complexity index is 1080. The number of hydrogen-bond acceptors (Lipinski definition) is 3. The van der Waals surface area contributed by atoms with Crippen LogP contribution in [-0.4, -0.2) is 23.6 Å². The smallest absolute Gasteiger partial charge is 0.417 e. The molecule has 0 unspecified atom stereocenters. The Morgan fingerprint density at radius 1 is 1.19 bits per heavy atom. The minimum Gasteiger partial charge on any atom is -0.465 e. The second kappa shape index (κ2) is 7.01. The summed E-state index contributed by atoms with van der Waals surface area (Å²) in [6, 6.07) is 7.55. The van der Waals surface area contributed by atoms with E-state index in [-0.39, 0.29) is 16.1 Å². The maximum atomic E-state index is 13.3. The topological polar surface area (TPSA) is 48.3 Å². The molecule has 4 nitrogen and oxygen atoms in total.